The number of nitrogens with zero attached hydrogens (tertiary/aromatic N) is 4. The number of benzene rings is 2. The molecule has 2 rings (SSSR count). The van der Waals surface area contributed by atoms with Crippen molar-refractivity contribution >= 4 is 34.6 Å². The number of nitrogens with one attached hydrogen (secondary N) is 2. The molecule has 0 spiro atoms. The van der Waals surface area contributed by atoms with E-state index in [1.165, 1.54) is 0 Å². The van der Waals surface area contributed by atoms with Crippen LogP contribution in [0.25, 0.3) is 0 Å². The largest absolute Gasteiger partial charge is 0.320 e. The molecule has 2 aromatic rings. The van der Waals surface area contributed by atoms with Crippen molar-refractivity contribution in [2.75, 3.05) is 5.32 Å². The number of para-hydroxylation sites is 1. The summed E-state index contributed by atoms with van der Waals surface area (Å²) < 4.78 is 0. The van der Waals surface area contributed by atoms with E-state index in [1.54, 1.807) is 19.1 Å². The predicted molar refractivity (Wildman–Crippen MR) is 123 cm³/mol. The van der Waals surface area contributed by atoms with Crippen molar-refractivity contribution in [3.63, 3.8) is 0 Å². The van der Waals surface area contributed by atoms with Gasteiger partial charge < -0.3 is 5.32 Å². The van der Waals surface area contributed by atoms with Gasteiger partial charge in [-0.2, -0.15) is 10.4 Å². The topological polar surface area (TPSA) is 181 Å². The SMILES string of the molecule is Cc1cccc(C(C)C)c1NC(=O)/C(Cc1c([N+](=O)[O-])cccc1[N+](=O)[O-])=N/NC(=O)CC#N. The number of nitro groups is 2. The number of hydrogen-bond acceptors (Lipinski definition) is 8. The summed E-state index contributed by atoms with van der Waals surface area (Å²) >= 11 is 0. The zero-order valence-corrected chi connectivity index (χ0v) is 18.7. The van der Waals surface area contributed by atoms with Crippen molar-refractivity contribution in [1.29, 1.82) is 5.26 Å². The van der Waals surface area contributed by atoms with Crippen LogP contribution in [0.3, 0.4) is 0 Å². The van der Waals surface area contributed by atoms with E-state index in [0.29, 0.717) is 5.69 Å². The number of aryl methyl sites for hydroxylation is 1. The minimum absolute atomic E-state index is 0.0437. The highest BCUT2D eigenvalue weighted by atomic mass is 16.6. The van der Waals surface area contributed by atoms with Crippen molar-refractivity contribution in [2.24, 2.45) is 5.10 Å². The van der Waals surface area contributed by atoms with E-state index >= 15 is 0 Å². The molecule has 0 radical (unpaired) electrons. The third-order valence-corrected chi connectivity index (χ3v) is 4.85. The summed E-state index contributed by atoms with van der Waals surface area (Å²) in [7, 11) is 0. The smallest absolute Gasteiger partial charge is 0.279 e. The van der Waals surface area contributed by atoms with Crippen LogP contribution in [0.1, 0.15) is 42.9 Å². The lowest BCUT2D eigenvalue weighted by molar-refractivity contribution is -0.395. The highest BCUT2D eigenvalue weighted by molar-refractivity contribution is 6.43. The van der Waals surface area contributed by atoms with E-state index in [4.69, 9.17) is 5.26 Å². The second-order valence-electron chi connectivity index (χ2n) is 7.54. The Morgan fingerprint density at radius 2 is 1.68 bits per heavy atom. The molecule has 0 bridgehead atoms. The van der Waals surface area contributed by atoms with Crippen LogP contribution in [0.2, 0.25) is 0 Å². The van der Waals surface area contributed by atoms with Crippen molar-refractivity contribution in [2.45, 2.75) is 39.5 Å². The third-order valence-electron chi connectivity index (χ3n) is 4.85. The van der Waals surface area contributed by atoms with Gasteiger partial charge in [0.05, 0.1) is 15.9 Å². The Morgan fingerprint density at radius 3 is 2.21 bits per heavy atom. The molecular weight excluding hydrogens is 444 g/mol. The molecule has 0 saturated carbocycles. The van der Waals surface area contributed by atoms with Gasteiger partial charge in [-0.15, -0.1) is 0 Å². The first-order valence-electron chi connectivity index (χ1n) is 10.1. The van der Waals surface area contributed by atoms with Crippen LogP contribution in [-0.4, -0.2) is 27.4 Å². The minimum Gasteiger partial charge on any atom is -0.320 e. The summed E-state index contributed by atoms with van der Waals surface area (Å²) in [5.74, 6) is -1.59. The van der Waals surface area contributed by atoms with Crippen LogP contribution in [0, 0.1) is 38.5 Å². The zero-order valence-electron chi connectivity index (χ0n) is 18.7. The number of carbonyl (C=O) groups is 2. The van der Waals surface area contributed by atoms with Gasteiger partial charge in [0.25, 0.3) is 23.2 Å². The summed E-state index contributed by atoms with van der Waals surface area (Å²) in [5, 5.41) is 38.1. The molecular formula is C22H22N6O6. The lowest BCUT2D eigenvalue weighted by Crippen LogP contribution is -2.30. The van der Waals surface area contributed by atoms with Crippen molar-refractivity contribution in [3.05, 3.63) is 73.3 Å². The highest BCUT2D eigenvalue weighted by Crippen LogP contribution is 2.30. The molecule has 0 atom stereocenters. The number of hydrazone groups is 1. The zero-order chi connectivity index (χ0) is 25.4. The molecule has 0 aliphatic rings. The summed E-state index contributed by atoms with van der Waals surface area (Å²) in [6.07, 6.45) is -1.16. The molecule has 12 nitrogen and oxygen atoms in total. The number of hydrogen-bond donors (Lipinski definition) is 2. The first-order chi connectivity index (χ1) is 16.1. The lowest BCUT2D eigenvalue weighted by atomic mass is 9.97. The van der Waals surface area contributed by atoms with Gasteiger partial charge in [0.2, 0.25) is 0 Å². The van der Waals surface area contributed by atoms with Gasteiger partial charge in [0, 0.05) is 24.2 Å². The van der Waals surface area contributed by atoms with Gasteiger partial charge >= 0.3 is 0 Å². The van der Waals surface area contributed by atoms with Crippen LogP contribution in [0.5, 0.6) is 0 Å². The maximum absolute atomic E-state index is 13.2. The van der Waals surface area contributed by atoms with Gasteiger partial charge in [-0.25, -0.2) is 5.43 Å². The van der Waals surface area contributed by atoms with E-state index in [9.17, 15) is 29.8 Å². The molecule has 176 valence electrons. The monoisotopic (exact) mass is 466 g/mol. The van der Waals surface area contributed by atoms with Gasteiger partial charge in [0.15, 0.2) is 0 Å². The van der Waals surface area contributed by atoms with E-state index in [-0.39, 0.29) is 11.5 Å². The molecule has 2 aromatic carbocycles. The Morgan fingerprint density at radius 1 is 1.09 bits per heavy atom. The molecule has 2 amide bonds. The number of nitro benzene ring substituents is 2. The molecule has 2 N–H and O–H groups in total. The average molecular weight is 466 g/mol. The second kappa shape index (κ2) is 11.3. The molecule has 0 saturated heterocycles. The summed E-state index contributed by atoms with van der Waals surface area (Å²) in [6, 6.07) is 10.4. The summed E-state index contributed by atoms with van der Waals surface area (Å²) in [4.78, 5) is 46.3. The van der Waals surface area contributed by atoms with Gasteiger partial charge in [-0.1, -0.05) is 32.0 Å². The highest BCUT2D eigenvalue weighted by Gasteiger charge is 2.28. The normalized spacial score (nSPS) is 11.0. The molecule has 34 heavy (non-hydrogen) atoms. The predicted octanol–water partition coefficient (Wildman–Crippen LogP) is 3.50. The summed E-state index contributed by atoms with van der Waals surface area (Å²) in [5.41, 5.74) is 2.19. The van der Waals surface area contributed by atoms with Gasteiger partial charge in [0.1, 0.15) is 17.7 Å². The Balaban J connectivity index is 2.56. The quantitative estimate of drug-likeness (QED) is 0.322. The molecule has 0 aliphatic heterocycles. The van der Waals surface area contributed by atoms with E-state index < -0.39 is 51.6 Å². The Hall–Kier alpha value is -4.66. The number of anilines is 1. The lowest BCUT2D eigenvalue weighted by Gasteiger charge is -2.17. The van der Waals surface area contributed by atoms with Crippen LogP contribution in [0.4, 0.5) is 17.1 Å². The molecule has 0 fully saturated rings. The molecule has 0 aliphatic carbocycles. The number of rotatable bonds is 9. The Kier molecular flexibility index (Phi) is 8.49. The number of carbonyl (C=O) groups excluding carboxylic acids is 2. The fourth-order valence-corrected chi connectivity index (χ4v) is 3.19. The van der Waals surface area contributed by atoms with E-state index in [0.717, 1.165) is 29.3 Å². The Labute approximate surface area is 194 Å². The standard InChI is InChI=1S/C22H22N6O6/c1-13(2)15-7-4-6-14(3)21(15)24-22(30)17(25-26-20(29)10-11-23)12-16-18(27(31)32)8-5-9-19(16)28(33)34/h4-9,13H,10,12H2,1-3H3,(H,24,30)(H,26,29)/b25-17+. The molecule has 0 unspecified atom stereocenters. The second-order valence-corrected chi connectivity index (χ2v) is 7.54. The van der Waals surface area contributed by atoms with Crippen LogP contribution < -0.4 is 10.7 Å². The maximum atomic E-state index is 13.2. The van der Waals surface area contributed by atoms with E-state index in [1.807, 2.05) is 31.4 Å². The van der Waals surface area contributed by atoms with Gasteiger partial charge in [-0.05, 0) is 30.0 Å². The van der Waals surface area contributed by atoms with Crippen molar-refractivity contribution in [3.8, 4) is 6.07 Å². The molecule has 0 aromatic heterocycles. The maximum Gasteiger partial charge on any atom is 0.279 e. The molecule has 0 heterocycles. The third kappa shape index (κ3) is 6.19. The summed E-state index contributed by atoms with van der Waals surface area (Å²) in [6.45, 7) is 5.64. The fourth-order valence-electron chi connectivity index (χ4n) is 3.19. The molecule has 12 heteroatoms. The fraction of sp³-hybridized carbons (Fsp3) is 0.273. The average Bonchev–Trinajstić information content (AvgIpc) is 2.77. The van der Waals surface area contributed by atoms with Crippen LogP contribution in [0.15, 0.2) is 41.5 Å². The first kappa shape index (κ1) is 25.6. The minimum atomic E-state index is -0.819. The number of nitriles is 1. The number of amides is 2. The Bertz CT molecular complexity index is 1180. The van der Waals surface area contributed by atoms with Crippen molar-refractivity contribution < 1.29 is 19.4 Å². The van der Waals surface area contributed by atoms with E-state index in [2.05, 4.69) is 10.4 Å². The van der Waals surface area contributed by atoms with Crippen LogP contribution in [-0.2, 0) is 16.0 Å². The van der Waals surface area contributed by atoms with Gasteiger partial charge in [-0.3, -0.25) is 29.8 Å². The first-order valence-corrected chi connectivity index (χ1v) is 10.1. The van der Waals surface area contributed by atoms with Crippen LogP contribution >= 0.6 is 0 Å². The van der Waals surface area contributed by atoms with Crippen molar-refractivity contribution in [1.82, 2.24) is 5.43 Å².